The number of aryl methyl sites for hydroxylation is 1. The van der Waals surface area contributed by atoms with E-state index in [-0.39, 0.29) is 27.8 Å². The predicted molar refractivity (Wildman–Crippen MR) is 88.4 cm³/mol. The van der Waals surface area contributed by atoms with Gasteiger partial charge in [-0.3, -0.25) is 4.79 Å². The Morgan fingerprint density at radius 3 is 2.35 bits per heavy atom. The summed E-state index contributed by atoms with van der Waals surface area (Å²) in [6.07, 6.45) is 1.28. The molecule has 1 aromatic heterocycles. The largest absolute Gasteiger partial charge is 0.478 e. The molecule has 0 aliphatic carbocycles. The highest BCUT2D eigenvalue weighted by molar-refractivity contribution is 6.34. The van der Waals surface area contributed by atoms with Crippen LogP contribution in [0.15, 0.2) is 35.1 Å². The maximum Gasteiger partial charge on any atom is 0.335 e. The number of nitrogens with zero attached hydrogens (tertiary/aromatic N) is 1. The van der Waals surface area contributed by atoms with Gasteiger partial charge in [0.15, 0.2) is 0 Å². The van der Waals surface area contributed by atoms with Gasteiger partial charge < -0.3 is 14.8 Å². The molecule has 0 aliphatic rings. The minimum Gasteiger partial charge on any atom is -0.478 e. The molecule has 7 heteroatoms. The molecule has 2 rings (SSSR count). The number of carbonyl (C=O) groups is 1. The van der Waals surface area contributed by atoms with Crippen LogP contribution in [-0.2, 0) is 19.6 Å². The van der Waals surface area contributed by atoms with Gasteiger partial charge in [0.25, 0.3) is 5.56 Å². The van der Waals surface area contributed by atoms with Gasteiger partial charge in [0.1, 0.15) is 5.02 Å². The number of hydrogen-bond acceptors (Lipinski definition) is 3. The number of carboxylic acid groups (broad SMARTS) is 1. The zero-order valence-corrected chi connectivity index (χ0v) is 13.6. The number of carboxylic acids is 1. The average molecular weight is 356 g/mol. The number of aliphatic hydroxyl groups excluding tert-OH is 1. The highest BCUT2D eigenvalue weighted by Gasteiger charge is 2.12. The van der Waals surface area contributed by atoms with E-state index in [1.165, 1.54) is 10.6 Å². The topological polar surface area (TPSA) is 79.5 Å². The Kier molecular flexibility index (Phi) is 5.82. The third kappa shape index (κ3) is 4.13. The van der Waals surface area contributed by atoms with Crippen molar-refractivity contribution in [3.63, 3.8) is 0 Å². The van der Waals surface area contributed by atoms with Gasteiger partial charge in [-0.15, -0.1) is 0 Å². The molecule has 2 aromatic rings. The Balaban J connectivity index is 2.09. The molecule has 0 atom stereocenters. The third-order valence-electron chi connectivity index (χ3n) is 3.50. The molecule has 23 heavy (non-hydrogen) atoms. The molecule has 0 fully saturated rings. The van der Waals surface area contributed by atoms with Crippen molar-refractivity contribution in [3.05, 3.63) is 67.6 Å². The first kappa shape index (κ1) is 17.5. The maximum absolute atomic E-state index is 12.1. The van der Waals surface area contributed by atoms with Gasteiger partial charge in [0.2, 0.25) is 0 Å². The quantitative estimate of drug-likeness (QED) is 0.834. The molecule has 0 unspecified atom stereocenters. The number of hydrogen-bond donors (Lipinski definition) is 2. The van der Waals surface area contributed by atoms with Crippen molar-refractivity contribution in [1.82, 2.24) is 4.57 Å². The number of aromatic nitrogens is 1. The van der Waals surface area contributed by atoms with E-state index >= 15 is 0 Å². The minimum absolute atomic E-state index is 0.0120. The van der Waals surface area contributed by atoms with Gasteiger partial charge in [-0.2, -0.15) is 0 Å². The Bertz CT molecular complexity index is 769. The lowest BCUT2D eigenvalue weighted by atomic mass is 10.1. The van der Waals surface area contributed by atoms with Crippen molar-refractivity contribution < 1.29 is 15.0 Å². The molecule has 0 radical (unpaired) electrons. The zero-order valence-electron chi connectivity index (χ0n) is 12.1. The summed E-state index contributed by atoms with van der Waals surface area (Å²) in [5.41, 5.74) is 1.14. The van der Waals surface area contributed by atoms with Gasteiger partial charge in [0.05, 0.1) is 22.9 Å². The van der Waals surface area contributed by atoms with Crippen LogP contribution in [0.2, 0.25) is 10.0 Å². The minimum atomic E-state index is -0.968. The summed E-state index contributed by atoms with van der Waals surface area (Å²) in [7, 11) is 0. The lowest BCUT2D eigenvalue weighted by Gasteiger charge is -2.13. The monoisotopic (exact) mass is 355 g/mol. The highest BCUT2D eigenvalue weighted by atomic mass is 35.5. The first-order valence-electron chi connectivity index (χ1n) is 6.95. The van der Waals surface area contributed by atoms with Crippen LogP contribution in [0.1, 0.15) is 28.0 Å². The molecule has 1 aromatic carbocycles. The van der Waals surface area contributed by atoms with Crippen LogP contribution in [0.3, 0.4) is 0 Å². The maximum atomic E-state index is 12.1. The van der Waals surface area contributed by atoms with E-state index in [2.05, 4.69) is 0 Å². The second-order valence-corrected chi connectivity index (χ2v) is 5.82. The number of pyridine rings is 1. The second kappa shape index (κ2) is 7.64. The van der Waals surface area contributed by atoms with Crippen LogP contribution < -0.4 is 5.56 Å². The van der Waals surface area contributed by atoms with Crippen LogP contribution >= 0.6 is 23.2 Å². The Morgan fingerprint density at radius 2 is 1.78 bits per heavy atom. The van der Waals surface area contributed by atoms with Crippen molar-refractivity contribution in [1.29, 1.82) is 0 Å². The van der Waals surface area contributed by atoms with Gasteiger partial charge >= 0.3 is 5.97 Å². The van der Waals surface area contributed by atoms with Crippen LogP contribution in [0.5, 0.6) is 0 Å². The van der Waals surface area contributed by atoms with Crippen LogP contribution in [0.25, 0.3) is 0 Å². The van der Waals surface area contributed by atoms with E-state index in [4.69, 9.17) is 28.3 Å². The Hall–Kier alpha value is -1.82. The van der Waals surface area contributed by atoms with E-state index in [9.17, 15) is 14.7 Å². The molecular weight excluding hydrogens is 341 g/mol. The number of aliphatic hydroxyl groups is 1. The molecule has 2 N–H and O–H groups in total. The lowest BCUT2D eigenvalue weighted by Crippen LogP contribution is -2.24. The highest BCUT2D eigenvalue weighted by Crippen LogP contribution is 2.18. The van der Waals surface area contributed by atoms with Crippen LogP contribution in [0, 0.1) is 0 Å². The smallest absolute Gasteiger partial charge is 0.335 e. The number of aromatic carboxylic acids is 1. The van der Waals surface area contributed by atoms with Gasteiger partial charge in [-0.1, -0.05) is 35.3 Å². The summed E-state index contributed by atoms with van der Waals surface area (Å²) in [6.45, 7) is 0.00817. The molecule has 0 aliphatic heterocycles. The SMILES string of the molecule is O=C(O)c1ccc(CCCn2c(CO)c(Cl)cc(Cl)c2=O)cc1. The zero-order chi connectivity index (χ0) is 17.0. The predicted octanol–water partition coefficient (Wildman–Crippen LogP) is 2.98. The van der Waals surface area contributed by atoms with Crippen molar-refractivity contribution in [2.45, 2.75) is 26.0 Å². The first-order chi connectivity index (χ1) is 10.9. The first-order valence-corrected chi connectivity index (χ1v) is 7.70. The molecule has 0 spiro atoms. The lowest BCUT2D eigenvalue weighted by molar-refractivity contribution is 0.0697. The summed E-state index contributed by atoms with van der Waals surface area (Å²) in [4.78, 5) is 22.9. The molecule has 0 saturated heterocycles. The molecule has 5 nitrogen and oxygen atoms in total. The summed E-state index contributed by atoms with van der Waals surface area (Å²) in [5, 5.41) is 18.5. The van der Waals surface area contributed by atoms with Crippen LogP contribution in [0.4, 0.5) is 0 Å². The van der Waals surface area contributed by atoms with E-state index in [0.29, 0.717) is 25.1 Å². The standard InChI is InChI=1S/C16H15Cl2NO4/c17-12-8-13(18)15(21)19(14(12)9-20)7-1-2-10-3-5-11(6-4-10)16(22)23/h3-6,8,20H,1-2,7,9H2,(H,22,23). The Labute approximate surface area is 142 Å². The van der Waals surface area contributed by atoms with E-state index < -0.39 is 5.97 Å². The van der Waals surface area contributed by atoms with Crippen molar-refractivity contribution >= 4 is 29.2 Å². The summed E-state index contributed by atoms with van der Waals surface area (Å²) < 4.78 is 1.37. The molecule has 122 valence electrons. The molecule has 0 saturated carbocycles. The third-order valence-corrected chi connectivity index (χ3v) is 4.10. The van der Waals surface area contributed by atoms with Gasteiger partial charge in [-0.05, 0) is 36.6 Å². The van der Waals surface area contributed by atoms with Gasteiger partial charge in [0, 0.05) is 6.54 Å². The van der Waals surface area contributed by atoms with Gasteiger partial charge in [-0.25, -0.2) is 4.79 Å². The Morgan fingerprint density at radius 1 is 1.13 bits per heavy atom. The molecule has 0 bridgehead atoms. The second-order valence-electron chi connectivity index (χ2n) is 5.01. The molecule has 0 amide bonds. The number of halogens is 2. The normalized spacial score (nSPS) is 10.7. The molecular formula is C16H15Cl2NO4. The summed E-state index contributed by atoms with van der Waals surface area (Å²) in [6, 6.07) is 7.89. The van der Waals surface area contributed by atoms with Crippen molar-refractivity contribution in [3.8, 4) is 0 Å². The fraction of sp³-hybridized carbons (Fsp3) is 0.250. The van der Waals surface area contributed by atoms with Crippen molar-refractivity contribution in [2.24, 2.45) is 0 Å². The van der Waals surface area contributed by atoms with Crippen LogP contribution in [-0.4, -0.2) is 20.7 Å². The van der Waals surface area contributed by atoms with Crippen molar-refractivity contribution in [2.75, 3.05) is 0 Å². The number of benzene rings is 1. The van der Waals surface area contributed by atoms with E-state index in [1.807, 2.05) is 0 Å². The van der Waals surface area contributed by atoms with E-state index in [1.54, 1.807) is 24.3 Å². The summed E-state index contributed by atoms with van der Waals surface area (Å²) >= 11 is 11.8. The fourth-order valence-electron chi connectivity index (χ4n) is 2.29. The summed E-state index contributed by atoms with van der Waals surface area (Å²) in [5.74, 6) is -0.968. The molecule has 1 heterocycles. The average Bonchev–Trinajstić information content (AvgIpc) is 2.52. The number of rotatable bonds is 6. The van der Waals surface area contributed by atoms with E-state index in [0.717, 1.165) is 5.56 Å². The fourth-order valence-corrected chi connectivity index (χ4v) is 2.83.